The van der Waals surface area contributed by atoms with Crippen LogP contribution in [-0.4, -0.2) is 6.04 Å². The summed E-state index contributed by atoms with van der Waals surface area (Å²) in [6, 6.07) is 8.32. The number of rotatable bonds is 2. The van der Waals surface area contributed by atoms with E-state index in [-0.39, 0.29) is 0 Å². The molecule has 19 heavy (non-hydrogen) atoms. The Morgan fingerprint density at radius 3 is 2.79 bits per heavy atom. The van der Waals surface area contributed by atoms with Crippen molar-refractivity contribution < 1.29 is 0 Å². The molecule has 0 bridgehead atoms. The number of hydrogen-bond donors (Lipinski definition) is 1. The number of hydrogen-bond acceptors (Lipinski definition) is 1. The van der Waals surface area contributed by atoms with Gasteiger partial charge in [-0.25, -0.2) is 0 Å². The summed E-state index contributed by atoms with van der Waals surface area (Å²) in [5.41, 5.74) is 4.54. The SMILES string of the molecule is Cc1ccc2c(c1)C(NC1CCCC(C)C1C)CC2. The van der Waals surface area contributed by atoms with Crippen LogP contribution < -0.4 is 5.32 Å². The minimum Gasteiger partial charge on any atom is -0.307 e. The van der Waals surface area contributed by atoms with E-state index in [2.05, 4.69) is 44.3 Å². The average Bonchev–Trinajstić information content (AvgIpc) is 2.78. The molecule has 1 saturated carbocycles. The lowest BCUT2D eigenvalue weighted by molar-refractivity contribution is 0.193. The molecule has 0 aliphatic heterocycles. The fourth-order valence-corrected chi connectivity index (χ4v) is 3.97. The van der Waals surface area contributed by atoms with E-state index in [0.717, 1.165) is 17.9 Å². The van der Waals surface area contributed by atoms with Crippen LogP contribution >= 0.6 is 0 Å². The van der Waals surface area contributed by atoms with E-state index >= 15 is 0 Å². The third kappa shape index (κ3) is 2.58. The molecular formula is C18H27N. The van der Waals surface area contributed by atoms with E-state index in [4.69, 9.17) is 0 Å². The van der Waals surface area contributed by atoms with Gasteiger partial charge in [0.1, 0.15) is 0 Å². The second kappa shape index (κ2) is 5.28. The van der Waals surface area contributed by atoms with Gasteiger partial charge in [0.2, 0.25) is 0 Å². The lowest BCUT2D eigenvalue weighted by atomic mass is 9.77. The van der Waals surface area contributed by atoms with E-state index in [1.807, 2.05) is 0 Å². The van der Waals surface area contributed by atoms with Crippen LogP contribution in [0.1, 0.15) is 62.3 Å². The van der Waals surface area contributed by atoms with E-state index in [0.29, 0.717) is 6.04 Å². The summed E-state index contributed by atoms with van der Waals surface area (Å²) < 4.78 is 0. The van der Waals surface area contributed by atoms with Crippen molar-refractivity contribution in [3.8, 4) is 0 Å². The predicted octanol–water partition coefficient (Wildman–Crippen LogP) is 4.40. The van der Waals surface area contributed by atoms with Gasteiger partial charge in [-0.1, -0.05) is 50.5 Å². The van der Waals surface area contributed by atoms with E-state index in [1.54, 1.807) is 11.1 Å². The zero-order chi connectivity index (χ0) is 13.4. The molecule has 0 radical (unpaired) electrons. The minimum atomic E-state index is 0.604. The van der Waals surface area contributed by atoms with Crippen molar-refractivity contribution in [3.63, 3.8) is 0 Å². The fraction of sp³-hybridized carbons (Fsp3) is 0.667. The predicted molar refractivity (Wildman–Crippen MR) is 81.3 cm³/mol. The van der Waals surface area contributed by atoms with E-state index in [9.17, 15) is 0 Å². The van der Waals surface area contributed by atoms with Crippen molar-refractivity contribution in [1.82, 2.24) is 5.32 Å². The maximum atomic E-state index is 3.98. The topological polar surface area (TPSA) is 12.0 Å². The molecule has 3 rings (SSSR count). The molecule has 0 spiro atoms. The van der Waals surface area contributed by atoms with E-state index < -0.39 is 0 Å². The quantitative estimate of drug-likeness (QED) is 0.828. The summed E-state index contributed by atoms with van der Waals surface area (Å²) in [6.07, 6.45) is 6.72. The monoisotopic (exact) mass is 257 g/mol. The zero-order valence-corrected chi connectivity index (χ0v) is 12.6. The fourth-order valence-electron chi connectivity index (χ4n) is 3.97. The molecule has 1 aromatic rings. The molecule has 4 atom stereocenters. The molecule has 2 aliphatic carbocycles. The number of nitrogens with one attached hydrogen (secondary N) is 1. The second-order valence-corrected chi connectivity index (χ2v) is 6.83. The van der Waals surface area contributed by atoms with Crippen molar-refractivity contribution in [1.29, 1.82) is 0 Å². The van der Waals surface area contributed by atoms with Crippen LogP contribution in [0.25, 0.3) is 0 Å². The smallest absolute Gasteiger partial charge is 0.0328 e. The number of benzene rings is 1. The van der Waals surface area contributed by atoms with Crippen molar-refractivity contribution in [2.75, 3.05) is 0 Å². The molecule has 0 saturated heterocycles. The first-order valence-electron chi connectivity index (χ1n) is 8.00. The highest BCUT2D eigenvalue weighted by atomic mass is 15.0. The van der Waals surface area contributed by atoms with Crippen LogP contribution in [-0.2, 0) is 6.42 Å². The van der Waals surface area contributed by atoms with Crippen molar-refractivity contribution in [3.05, 3.63) is 34.9 Å². The van der Waals surface area contributed by atoms with E-state index in [1.165, 1.54) is 37.7 Å². The maximum absolute atomic E-state index is 3.98. The Morgan fingerprint density at radius 1 is 1.11 bits per heavy atom. The van der Waals surface area contributed by atoms with Crippen LogP contribution in [0.2, 0.25) is 0 Å². The zero-order valence-electron chi connectivity index (χ0n) is 12.6. The molecule has 2 aliphatic rings. The summed E-state index contributed by atoms with van der Waals surface area (Å²) in [5.74, 6) is 1.70. The highest BCUT2D eigenvalue weighted by Crippen LogP contribution is 2.36. The van der Waals surface area contributed by atoms with Gasteiger partial charge in [-0.15, -0.1) is 0 Å². The standard InChI is InChI=1S/C18H27N/c1-12-7-8-15-9-10-18(16(15)11-12)19-17-6-4-5-13(2)14(17)3/h7-8,11,13-14,17-19H,4-6,9-10H2,1-3H3. The van der Waals surface area contributed by atoms with Crippen molar-refractivity contribution in [2.45, 2.75) is 65.0 Å². The van der Waals surface area contributed by atoms with Gasteiger partial charge in [0, 0.05) is 12.1 Å². The Kier molecular flexibility index (Phi) is 3.66. The normalized spacial score (nSPS) is 34.3. The van der Waals surface area contributed by atoms with Crippen LogP contribution in [0.4, 0.5) is 0 Å². The van der Waals surface area contributed by atoms with Gasteiger partial charge in [-0.2, -0.15) is 0 Å². The first-order chi connectivity index (χ1) is 9.15. The Hall–Kier alpha value is -0.820. The molecule has 1 aromatic carbocycles. The summed E-state index contributed by atoms with van der Waals surface area (Å²) in [4.78, 5) is 0. The maximum Gasteiger partial charge on any atom is 0.0328 e. The molecular weight excluding hydrogens is 230 g/mol. The van der Waals surface area contributed by atoms with Gasteiger partial charge in [-0.05, 0) is 49.1 Å². The summed E-state index contributed by atoms with van der Waals surface area (Å²) >= 11 is 0. The third-order valence-electron chi connectivity index (χ3n) is 5.50. The molecule has 0 aromatic heterocycles. The van der Waals surface area contributed by atoms with Crippen LogP contribution in [0.15, 0.2) is 18.2 Å². The minimum absolute atomic E-state index is 0.604. The third-order valence-corrected chi connectivity index (χ3v) is 5.50. The average molecular weight is 257 g/mol. The van der Waals surface area contributed by atoms with Gasteiger partial charge in [0.05, 0.1) is 0 Å². The van der Waals surface area contributed by atoms with Crippen LogP contribution in [0.5, 0.6) is 0 Å². The molecule has 1 N–H and O–H groups in total. The Morgan fingerprint density at radius 2 is 1.95 bits per heavy atom. The van der Waals surface area contributed by atoms with Gasteiger partial charge in [0.25, 0.3) is 0 Å². The lowest BCUT2D eigenvalue weighted by Crippen LogP contribution is -2.42. The molecule has 1 fully saturated rings. The molecule has 1 heteroatoms. The number of aryl methyl sites for hydroxylation is 2. The highest BCUT2D eigenvalue weighted by Gasteiger charge is 2.31. The molecule has 0 heterocycles. The van der Waals surface area contributed by atoms with Gasteiger partial charge < -0.3 is 5.32 Å². The Labute approximate surface area is 117 Å². The largest absolute Gasteiger partial charge is 0.307 e. The highest BCUT2D eigenvalue weighted by molar-refractivity contribution is 5.37. The Bertz CT molecular complexity index is 451. The first kappa shape index (κ1) is 13.2. The molecule has 0 amide bonds. The lowest BCUT2D eigenvalue weighted by Gasteiger charge is -2.36. The molecule has 4 unspecified atom stereocenters. The molecule has 104 valence electrons. The Balaban J connectivity index is 1.74. The van der Waals surface area contributed by atoms with Gasteiger partial charge in [-0.3, -0.25) is 0 Å². The molecule has 1 nitrogen and oxygen atoms in total. The summed E-state index contributed by atoms with van der Waals surface area (Å²) in [5, 5.41) is 3.98. The van der Waals surface area contributed by atoms with Crippen LogP contribution in [0, 0.1) is 18.8 Å². The second-order valence-electron chi connectivity index (χ2n) is 6.83. The number of fused-ring (bicyclic) bond motifs is 1. The van der Waals surface area contributed by atoms with Crippen molar-refractivity contribution in [2.24, 2.45) is 11.8 Å². The summed E-state index contributed by atoms with van der Waals surface area (Å²) in [6.45, 7) is 7.07. The summed E-state index contributed by atoms with van der Waals surface area (Å²) in [7, 11) is 0. The van der Waals surface area contributed by atoms with Crippen LogP contribution in [0.3, 0.4) is 0 Å². The first-order valence-corrected chi connectivity index (χ1v) is 8.00. The van der Waals surface area contributed by atoms with Gasteiger partial charge in [0.15, 0.2) is 0 Å². The van der Waals surface area contributed by atoms with Crippen molar-refractivity contribution >= 4 is 0 Å². The van der Waals surface area contributed by atoms with Gasteiger partial charge >= 0.3 is 0 Å².